The second kappa shape index (κ2) is 6.03. The molecule has 1 amide bonds. The van der Waals surface area contributed by atoms with E-state index in [1.54, 1.807) is 7.11 Å². The monoisotopic (exact) mass is 301 g/mol. The highest BCUT2D eigenvalue weighted by Gasteiger charge is 2.29. The molecule has 1 fully saturated rings. The van der Waals surface area contributed by atoms with Gasteiger partial charge < -0.3 is 14.1 Å². The predicted octanol–water partition coefficient (Wildman–Crippen LogP) is 4.15. The molecular weight excluding hydrogens is 278 g/mol. The van der Waals surface area contributed by atoms with Crippen molar-refractivity contribution in [3.63, 3.8) is 0 Å². The molecule has 3 rings (SSSR count). The Morgan fingerprint density at radius 3 is 2.73 bits per heavy atom. The molecule has 1 saturated carbocycles. The van der Waals surface area contributed by atoms with Crippen molar-refractivity contribution in [2.45, 2.75) is 45.6 Å². The number of fused-ring (bicyclic) bond motifs is 1. The summed E-state index contributed by atoms with van der Waals surface area (Å²) in [5.74, 6) is 1.26. The van der Waals surface area contributed by atoms with Gasteiger partial charge in [0.1, 0.15) is 11.3 Å². The van der Waals surface area contributed by atoms with Crippen molar-refractivity contribution >= 4 is 16.9 Å². The lowest BCUT2D eigenvalue weighted by atomic mass is 10.1. The molecule has 4 heteroatoms. The number of carbonyl (C=O) groups is 1. The van der Waals surface area contributed by atoms with Gasteiger partial charge in [-0.2, -0.15) is 0 Å². The normalized spacial score (nSPS) is 15.4. The van der Waals surface area contributed by atoms with E-state index in [1.807, 2.05) is 36.9 Å². The number of furan rings is 1. The summed E-state index contributed by atoms with van der Waals surface area (Å²) >= 11 is 0. The minimum Gasteiger partial charge on any atom is -0.497 e. The summed E-state index contributed by atoms with van der Waals surface area (Å²) in [6.07, 6.45) is 4.63. The highest BCUT2D eigenvalue weighted by atomic mass is 16.5. The lowest BCUT2D eigenvalue weighted by Crippen LogP contribution is -2.38. The smallest absolute Gasteiger partial charge is 0.290 e. The zero-order valence-corrected chi connectivity index (χ0v) is 13.5. The first-order chi connectivity index (χ1) is 10.7. The number of rotatable bonds is 4. The van der Waals surface area contributed by atoms with Gasteiger partial charge in [0.05, 0.1) is 7.11 Å². The fourth-order valence-electron chi connectivity index (χ4n) is 3.44. The van der Waals surface area contributed by atoms with Gasteiger partial charge in [0.2, 0.25) is 0 Å². The standard InChI is InChI=1S/C18H23NO3/c1-4-19(13-7-5-6-8-13)18(20)17-12(2)15-11-14(21-3)9-10-16(15)22-17/h9-11,13H,4-8H2,1-3H3. The van der Waals surface area contributed by atoms with Crippen LogP contribution in [0, 0.1) is 6.92 Å². The third-order valence-electron chi connectivity index (χ3n) is 4.70. The molecule has 1 aromatic carbocycles. The fraction of sp³-hybridized carbons (Fsp3) is 0.500. The average Bonchev–Trinajstić information content (AvgIpc) is 3.16. The van der Waals surface area contributed by atoms with Crippen LogP contribution in [0.5, 0.6) is 5.75 Å². The molecule has 1 aliphatic rings. The van der Waals surface area contributed by atoms with Crippen LogP contribution in [-0.2, 0) is 0 Å². The van der Waals surface area contributed by atoms with E-state index in [1.165, 1.54) is 12.8 Å². The van der Waals surface area contributed by atoms with Crippen molar-refractivity contribution in [3.05, 3.63) is 29.5 Å². The topological polar surface area (TPSA) is 42.7 Å². The van der Waals surface area contributed by atoms with Gasteiger partial charge in [0, 0.05) is 23.5 Å². The van der Waals surface area contributed by atoms with Crippen LogP contribution in [0.2, 0.25) is 0 Å². The van der Waals surface area contributed by atoms with E-state index in [0.717, 1.165) is 41.7 Å². The van der Waals surface area contributed by atoms with Gasteiger partial charge >= 0.3 is 0 Å². The van der Waals surface area contributed by atoms with Crippen LogP contribution in [0.25, 0.3) is 11.0 Å². The molecule has 0 saturated heterocycles. The molecule has 1 aliphatic carbocycles. The van der Waals surface area contributed by atoms with Gasteiger partial charge in [0.15, 0.2) is 5.76 Å². The van der Waals surface area contributed by atoms with Gasteiger partial charge in [-0.25, -0.2) is 0 Å². The Hall–Kier alpha value is -1.97. The van der Waals surface area contributed by atoms with Crippen LogP contribution < -0.4 is 4.74 Å². The maximum Gasteiger partial charge on any atom is 0.290 e. The Kier molecular flexibility index (Phi) is 4.10. The summed E-state index contributed by atoms with van der Waals surface area (Å²) in [5, 5.41) is 0.949. The molecule has 0 spiro atoms. The average molecular weight is 301 g/mol. The zero-order chi connectivity index (χ0) is 15.7. The minimum absolute atomic E-state index is 0.0158. The van der Waals surface area contributed by atoms with E-state index < -0.39 is 0 Å². The second-order valence-electron chi connectivity index (χ2n) is 5.95. The van der Waals surface area contributed by atoms with Gasteiger partial charge in [-0.15, -0.1) is 0 Å². The van der Waals surface area contributed by atoms with Crippen molar-refractivity contribution in [1.29, 1.82) is 0 Å². The van der Waals surface area contributed by atoms with Crippen LogP contribution in [0.15, 0.2) is 22.6 Å². The first kappa shape index (κ1) is 14.9. The largest absolute Gasteiger partial charge is 0.497 e. The van der Waals surface area contributed by atoms with Crippen molar-refractivity contribution in [2.24, 2.45) is 0 Å². The van der Waals surface area contributed by atoms with E-state index >= 15 is 0 Å². The molecule has 0 radical (unpaired) electrons. The van der Waals surface area contributed by atoms with Crippen molar-refractivity contribution in [3.8, 4) is 5.75 Å². The van der Waals surface area contributed by atoms with Gasteiger partial charge in [-0.1, -0.05) is 12.8 Å². The molecule has 1 aromatic heterocycles. The molecule has 0 atom stereocenters. The van der Waals surface area contributed by atoms with Crippen LogP contribution >= 0.6 is 0 Å². The predicted molar refractivity (Wildman–Crippen MR) is 86.5 cm³/mol. The number of amides is 1. The van der Waals surface area contributed by atoms with Gasteiger partial charge in [-0.3, -0.25) is 4.79 Å². The molecule has 118 valence electrons. The van der Waals surface area contributed by atoms with Crippen molar-refractivity contribution in [1.82, 2.24) is 4.90 Å². The number of hydrogen-bond acceptors (Lipinski definition) is 3. The highest BCUT2D eigenvalue weighted by molar-refractivity contribution is 5.99. The van der Waals surface area contributed by atoms with E-state index in [4.69, 9.17) is 9.15 Å². The summed E-state index contributed by atoms with van der Waals surface area (Å²) in [7, 11) is 1.64. The number of methoxy groups -OCH3 is 1. The number of nitrogens with zero attached hydrogens (tertiary/aromatic N) is 1. The number of aryl methyl sites for hydroxylation is 1. The molecule has 2 aromatic rings. The SMILES string of the molecule is CCN(C(=O)c1oc2ccc(OC)cc2c1C)C1CCCC1. The van der Waals surface area contributed by atoms with Crippen LogP contribution in [0.3, 0.4) is 0 Å². The zero-order valence-electron chi connectivity index (χ0n) is 13.5. The molecule has 0 bridgehead atoms. The first-order valence-corrected chi connectivity index (χ1v) is 8.03. The molecule has 22 heavy (non-hydrogen) atoms. The van der Waals surface area contributed by atoms with Gasteiger partial charge in [0.25, 0.3) is 5.91 Å². The van der Waals surface area contributed by atoms with E-state index in [-0.39, 0.29) is 5.91 Å². The number of hydrogen-bond donors (Lipinski definition) is 0. The lowest BCUT2D eigenvalue weighted by molar-refractivity contribution is 0.0662. The van der Waals surface area contributed by atoms with Crippen LogP contribution in [0.4, 0.5) is 0 Å². The summed E-state index contributed by atoms with van der Waals surface area (Å²) in [5.41, 5.74) is 1.64. The number of benzene rings is 1. The molecule has 0 unspecified atom stereocenters. The Morgan fingerprint density at radius 2 is 2.09 bits per heavy atom. The fourth-order valence-corrected chi connectivity index (χ4v) is 3.44. The van der Waals surface area contributed by atoms with E-state index in [0.29, 0.717) is 11.8 Å². The second-order valence-corrected chi connectivity index (χ2v) is 5.95. The number of ether oxygens (including phenoxy) is 1. The Bertz CT molecular complexity index is 683. The molecular formula is C18H23NO3. The quantitative estimate of drug-likeness (QED) is 0.851. The molecule has 4 nitrogen and oxygen atoms in total. The van der Waals surface area contributed by atoms with Gasteiger partial charge in [-0.05, 0) is 44.9 Å². The van der Waals surface area contributed by atoms with Crippen molar-refractivity contribution in [2.75, 3.05) is 13.7 Å². The summed E-state index contributed by atoms with van der Waals surface area (Å²) in [6.45, 7) is 4.71. The maximum atomic E-state index is 12.9. The third-order valence-corrected chi connectivity index (χ3v) is 4.70. The minimum atomic E-state index is 0.0158. The first-order valence-electron chi connectivity index (χ1n) is 8.03. The molecule has 0 N–H and O–H groups in total. The maximum absolute atomic E-state index is 12.9. The Balaban J connectivity index is 1.97. The lowest BCUT2D eigenvalue weighted by Gasteiger charge is -2.26. The Morgan fingerprint density at radius 1 is 1.36 bits per heavy atom. The van der Waals surface area contributed by atoms with Crippen molar-refractivity contribution < 1.29 is 13.9 Å². The van der Waals surface area contributed by atoms with E-state index in [2.05, 4.69) is 0 Å². The molecule has 1 heterocycles. The summed E-state index contributed by atoms with van der Waals surface area (Å²) in [4.78, 5) is 14.9. The molecule has 0 aliphatic heterocycles. The van der Waals surface area contributed by atoms with Crippen LogP contribution in [0.1, 0.15) is 48.7 Å². The third kappa shape index (κ3) is 2.47. The van der Waals surface area contributed by atoms with E-state index in [9.17, 15) is 4.79 Å². The summed E-state index contributed by atoms with van der Waals surface area (Å²) < 4.78 is 11.1. The summed E-state index contributed by atoms with van der Waals surface area (Å²) in [6, 6.07) is 6.01. The highest BCUT2D eigenvalue weighted by Crippen LogP contribution is 2.31. The van der Waals surface area contributed by atoms with Crippen LogP contribution in [-0.4, -0.2) is 30.5 Å². The Labute approximate surface area is 131 Å². The number of carbonyl (C=O) groups excluding carboxylic acids is 1.